The van der Waals surface area contributed by atoms with Crippen molar-refractivity contribution in [3.63, 3.8) is 0 Å². The Morgan fingerprint density at radius 2 is 1.38 bits per heavy atom. The first kappa shape index (κ1) is 13.4. The summed E-state index contributed by atoms with van der Waals surface area (Å²) < 4.78 is 0. The maximum Gasteiger partial charge on any atom is 0.221 e. The number of nitrogens with one attached hydrogen (secondary N) is 1. The minimum Gasteiger partial charge on any atom is -0.370 e. The molecule has 5 nitrogen and oxygen atoms in total. The quantitative estimate of drug-likeness (QED) is 0.535. The van der Waals surface area contributed by atoms with Gasteiger partial charge in [-0.15, -0.1) is 0 Å². The van der Waals surface area contributed by atoms with Crippen LogP contribution >= 0.6 is 0 Å². The fourth-order valence-electron chi connectivity index (χ4n) is 5.84. The van der Waals surface area contributed by atoms with E-state index in [0.29, 0.717) is 18.0 Å². The van der Waals surface area contributed by atoms with E-state index in [2.05, 4.69) is 9.89 Å². The van der Waals surface area contributed by atoms with Crippen molar-refractivity contribution in [2.45, 2.75) is 63.5 Å². The normalized spacial score (nSPS) is 43.2. The molecule has 4 aliphatic carbocycles. The highest BCUT2D eigenvalue weighted by Crippen LogP contribution is 2.52. The van der Waals surface area contributed by atoms with Crippen LogP contribution in [0.1, 0.15) is 51.4 Å². The summed E-state index contributed by atoms with van der Waals surface area (Å²) in [5.41, 5.74) is 11.1. The molecule has 4 saturated carbocycles. The fraction of sp³-hybridized carbons (Fsp3) is 0.875. The first-order chi connectivity index (χ1) is 10.1. The molecule has 5 heteroatoms. The number of nitrogens with zero attached hydrogens (tertiary/aromatic N) is 2. The lowest BCUT2D eigenvalue weighted by atomic mass is 9.88. The summed E-state index contributed by atoms with van der Waals surface area (Å²) in [6.45, 7) is 0. The molecule has 4 fully saturated rings. The molecule has 4 bridgehead atoms. The van der Waals surface area contributed by atoms with Crippen LogP contribution in [-0.4, -0.2) is 28.9 Å². The van der Waals surface area contributed by atoms with Crippen molar-refractivity contribution >= 4 is 11.9 Å². The van der Waals surface area contributed by atoms with Crippen LogP contribution in [-0.2, 0) is 0 Å². The zero-order valence-corrected chi connectivity index (χ0v) is 12.7. The van der Waals surface area contributed by atoms with Crippen LogP contribution in [0, 0.1) is 29.1 Å². The smallest absolute Gasteiger partial charge is 0.221 e. The molecular weight excluding hydrogens is 262 g/mol. The number of rotatable bonds is 2. The van der Waals surface area contributed by atoms with Gasteiger partial charge in [0.2, 0.25) is 5.96 Å². The maximum atomic E-state index is 8.44. The summed E-state index contributed by atoms with van der Waals surface area (Å²) in [7, 11) is 0. The van der Waals surface area contributed by atoms with Crippen LogP contribution in [0.15, 0.2) is 4.99 Å². The van der Waals surface area contributed by atoms with E-state index in [1.807, 2.05) is 0 Å². The summed E-state index contributed by atoms with van der Waals surface area (Å²) in [5.74, 6) is 3.65. The minimum atomic E-state index is 0.0244. The fourth-order valence-corrected chi connectivity index (χ4v) is 5.84. The number of guanidine groups is 2. The predicted octanol–water partition coefficient (Wildman–Crippen LogP) is 1.87. The van der Waals surface area contributed by atoms with Crippen LogP contribution in [0.2, 0.25) is 0 Å². The van der Waals surface area contributed by atoms with Crippen LogP contribution in [0.25, 0.3) is 0 Å². The highest BCUT2D eigenvalue weighted by Gasteiger charge is 2.50. The van der Waals surface area contributed by atoms with E-state index in [0.717, 1.165) is 23.7 Å². The molecule has 0 saturated heterocycles. The molecule has 6 atom stereocenters. The number of fused-ring (bicyclic) bond motifs is 4. The van der Waals surface area contributed by atoms with Crippen LogP contribution in [0.3, 0.4) is 0 Å². The second-order valence-electron chi connectivity index (χ2n) is 7.75. The minimum absolute atomic E-state index is 0.0244. The highest BCUT2D eigenvalue weighted by molar-refractivity contribution is 5.92. The molecule has 4 aliphatic rings. The lowest BCUT2D eigenvalue weighted by Gasteiger charge is -2.42. The Balaban J connectivity index is 1.60. The van der Waals surface area contributed by atoms with Gasteiger partial charge in [-0.25, -0.2) is 0 Å². The molecular formula is C16H27N5. The Hall–Kier alpha value is -1.26. The van der Waals surface area contributed by atoms with E-state index in [1.54, 1.807) is 0 Å². The standard InChI is InChI=1S/C16H27N5/c17-15(18)20-16(19)21(13-7-9-1-3-11(13)5-9)14-8-10-2-4-12(14)6-10/h9-14H,1-8H2,(H5,17,18,19,20). The van der Waals surface area contributed by atoms with Crippen molar-refractivity contribution in [3.8, 4) is 0 Å². The average molecular weight is 289 g/mol. The third kappa shape index (κ3) is 2.21. The zero-order chi connectivity index (χ0) is 14.6. The molecule has 116 valence electrons. The molecule has 0 heterocycles. The number of aliphatic imine (C=N–C) groups is 1. The molecule has 0 aromatic carbocycles. The number of hydrogen-bond acceptors (Lipinski definition) is 1. The van der Waals surface area contributed by atoms with Gasteiger partial charge in [0, 0.05) is 12.1 Å². The molecule has 5 N–H and O–H groups in total. The molecule has 6 unspecified atom stereocenters. The molecule has 0 aliphatic heterocycles. The van der Waals surface area contributed by atoms with Crippen LogP contribution in [0.5, 0.6) is 0 Å². The van der Waals surface area contributed by atoms with Gasteiger partial charge in [0.25, 0.3) is 0 Å². The van der Waals surface area contributed by atoms with E-state index in [-0.39, 0.29) is 5.96 Å². The van der Waals surface area contributed by atoms with Crippen molar-refractivity contribution < 1.29 is 0 Å². The van der Waals surface area contributed by atoms with Gasteiger partial charge in [0.15, 0.2) is 5.96 Å². The van der Waals surface area contributed by atoms with E-state index in [1.165, 1.54) is 51.4 Å². The van der Waals surface area contributed by atoms with E-state index in [9.17, 15) is 0 Å². The lowest BCUT2D eigenvalue weighted by molar-refractivity contribution is 0.133. The van der Waals surface area contributed by atoms with Gasteiger partial charge in [0.1, 0.15) is 0 Å². The average Bonchev–Trinajstić information content (AvgIpc) is 3.19. The second kappa shape index (κ2) is 4.89. The van der Waals surface area contributed by atoms with E-state index in [4.69, 9.17) is 16.9 Å². The van der Waals surface area contributed by atoms with Gasteiger partial charge in [-0.3, -0.25) is 5.41 Å². The first-order valence-electron chi connectivity index (χ1n) is 8.58. The molecule has 0 aromatic rings. The topological polar surface area (TPSA) is 91.5 Å². The van der Waals surface area contributed by atoms with Gasteiger partial charge in [-0.2, -0.15) is 4.99 Å². The first-order valence-corrected chi connectivity index (χ1v) is 8.58. The summed E-state index contributed by atoms with van der Waals surface area (Å²) in [6.07, 6.45) is 10.7. The summed E-state index contributed by atoms with van der Waals surface area (Å²) in [5, 5.41) is 8.44. The van der Waals surface area contributed by atoms with Crippen molar-refractivity contribution in [3.05, 3.63) is 0 Å². The van der Waals surface area contributed by atoms with Gasteiger partial charge in [-0.05, 0) is 62.2 Å². The maximum absolute atomic E-state index is 8.44. The Bertz CT molecular complexity index is 441. The Morgan fingerprint density at radius 3 is 1.71 bits per heavy atom. The van der Waals surface area contributed by atoms with Crippen LogP contribution in [0.4, 0.5) is 0 Å². The third-order valence-electron chi connectivity index (χ3n) is 6.60. The number of nitrogens with two attached hydrogens (primary N) is 2. The van der Waals surface area contributed by atoms with E-state index >= 15 is 0 Å². The predicted molar refractivity (Wildman–Crippen MR) is 83.8 cm³/mol. The van der Waals surface area contributed by atoms with Gasteiger partial charge < -0.3 is 16.4 Å². The lowest BCUT2D eigenvalue weighted by Crippen LogP contribution is -2.51. The van der Waals surface area contributed by atoms with Gasteiger partial charge >= 0.3 is 0 Å². The van der Waals surface area contributed by atoms with Crippen molar-refractivity contribution in [1.29, 1.82) is 5.41 Å². The summed E-state index contributed by atoms with van der Waals surface area (Å²) in [4.78, 5) is 6.46. The van der Waals surface area contributed by atoms with Gasteiger partial charge in [0.05, 0.1) is 0 Å². The largest absolute Gasteiger partial charge is 0.370 e. The number of hydrogen-bond donors (Lipinski definition) is 3. The van der Waals surface area contributed by atoms with Crippen molar-refractivity contribution in [1.82, 2.24) is 4.90 Å². The third-order valence-corrected chi connectivity index (χ3v) is 6.60. The van der Waals surface area contributed by atoms with Crippen LogP contribution < -0.4 is 11.5 Å². The van der Waals surface area contributed by atoms with Crippen molar-refractivity contribution in [2.24, 2.45) is 40.1 Å². The molecule has 0 spiro atoms. The summed E-state index contributed by atoms with van der Waals surface area (Å²) in [6, 6.07) is 1.03. The van der Waals surface area contributed by atoms with Gasteiger partial charge in [-0.1, -0.05) is 12.8 Å². The van der Waals surface area contributed by atoms with E-state index < -0.39 is 0 Å². The van der Waals surface area contributed by atoms with Crippen molar-refractivity contribution in [2.75, 3.05) is 0 Å². The Kier molecular flexibility index (Phi) is 3.12. The second-order valence-corrected chi connectivity index (χ2v) is 7.75. The summed E-state index contributed by atoms with van der Waals surface area (Å²) >= 11 is 0. The molecule has 4 rings (SSSR count). The molecule has 0 radical (unpaired) electrons. The molecule has 0 amide bonds. The Morgan fingerprint density at radius 1 is 0.857 bits per heavy atom. The zero-order valence-electron chi connectivity index (χ0n) is 12.7. The molecule has 0 aromatic heterocycles. The highest BCUT2D eigenvalue weighted by atomic mass is 15.3. The Labute approximate surface area is 126 Å². The SMILES string of the molecule is N=C(N=C(N)N)N(C1CC2CCC1C2)C1CC2CCC1C2. The molecule has 21 heavy (non-hydrogen) atoms. The monoisotopic (exact) mass is 289 g/mol.